The van der Waals surface area contributed by atoms with Gasteiger partial charge in [0, 0.05) is 19.3 Å². The molecule has 2 aromatic heterocycles. The summed E-state index contributed by atoms with van der Waals surface area (Å²) in [7, 11) is 0. The summed E-state index contributed by atoms with van der Waals surface area (Å²) < 4.78 is 2.25. The van der Waals surface area contributed by atoms with Crippen LogP contribution in [0.15, 0.2) is 16.9 Å². The lowest BCUT2D eigenvalue weighted by molar-refractivity contribution is 0.100. The van der Waals surface area contributed by atoms with Gasteiger partial charge in [0.15, 0.2) is 5.78 Å². The fourth-order valence-corrected chi connectivity index (χ4v) is 1.20. The number of hydrogen-bond donors (Lipinski definition) is 0. The van der Waals surface area contributed by atoms with Crippen LogP contribution in [0.4, 0.5) is 0 Å². The van der Waals surface area contributed by atoms with Crippen molar-refractivity contribution in [3.8, 4) is 0 Å². The van der Waals surface area contributed by atoms with Gasteiger partial charge in [-0.05, 0) is 15.9 Å². The summed E-state index contributed by atoms with van der Waals surface area (Å²) in [4.78, 5) is 18.8. The van der Waals surface area contributed by atoms with Crippen LogP contribution in [0.2, 0.25) is 0 Å². The van der Waals surface area contributed by atoms with Gasteiger partial charge in [-0.2, -0.15) is 4.98 Å². The predicted molar refractivity (Wildman–Crippen MR) is 48.5 cm³/mol. The molecule has 0 unspecified atom stereocenters. The van der Waals surface area contributed by atoms with Crippen molar-refractivity contribution in [3.05, 3.63) is 22.7 Å². The van der Waals surface area contributed by atoms with Crippen molar-refractivity contribution in [2.75, 3.05) is 0 Å². The van der Waals surface area contributed by atoms with Crippen molar-refractivity contribution in [2.45, 2.75) is 6.92 Å². The standard InChI is InChI=1S/C7H5BrN4O/c1-4(13)6-10-7-9-2-5(8)3-12(7)11-6/h2-3H,1H3. The lowest BCUT2D eigenvalue weighted by Gasteiger charge is -1.88. The van der Waals surface area contributed by atoms with E-state index in [0.29, 0.717) is 5.78 Å². The minimum absolute atomic E-state index is 0.165. The van der Waals surface area contributed by atoms with E-state index in [1.807, 2.05) is 0 Å². The highest BCUT2D eigenvalue weighted by atomic mass is 79.9. The number of rotatable bonds is 1. The van der Waals surface area contributed by atoms with E-state index < -0.39 is 0 Å². The molecule has 0 saturated carbocycles. The molecule has 6 heteroatoms. The van der Waals surface area contributed by atoms with Gasteiger partial charge in [0.2, 0.25) is 5.82 Å². The third kappa shape index (κ3) is 1.44. The lowest BCUT2D eigenvalue weighted by atomic mass is 10.4. The van der Waals surface area contributed by atoms with Gasteiger partial charge in [-0.3, -0.25) is 4.79 Å². The van der Waals surface area contributed by atoms with E-state index in [0.717, 1.165) is 4.47 Å². The zero-order valence-corrected chi connectivity index (χ0v) is 8.32. The summed E-state index contributed by atoms with van der Waals surface area (Å²) in [5, 5.41) is 3.94. The highest BCUT2D eigenvalue weighted by Gasteiger charge is 2.08. The molecule has 66 valence electrons. The van der Waals surface area contributed by atoms with Crippen LogP contribution in [0, 0.1) is 0 Å². The maximum atomic E-state index is 10.9. The van der Waals surface area contributed by atoms with Gasteiger partial charge in [0.05, 0.1) is 4.47 Å². The van der Waals surface area contributed by atoms with Crippen molar-refractivity contribution in [1.29, 1.82) is 0 Å². The number of hydrogen-bond acceptors (Lipinski definition) is 4. The summed E-state index contributed by atoms with van der Waals surface area (Å²) in [6, 6.07) is 0. The molecule has 0 N–H and O–H groups in total. The Labute approximate surface area is 81.9 Å². The average molecular weight is 241 g/mol. The minimum atomic E-state index is -0.165. The molecule has 0 fully saturated rings. The molecule has 0 bridgehead atoms. The van der Waals surface area contributed by atoms with E-state index >= 15 is 0 Å². The Morgan fingerprint density at radius 2 is 2.38 bits per heavy atom. The summed E-state index contributed by atoms with van der Waals surface area (Å²) in [5.41, 5.74) is 0. The molecule has 5 nitrogen and oxygen atoms in total. The SMILES string of the molecule is CC(=O)c1nc2ncc(Br)cn2n1. The Morgan fingerprint density at radius 1 is 1.62 bits per heavy atom. The third-order valence-electron chi connectivity index (χ3n) is 1.48. The topological polar surface area (TPSA) is 60.2 Å². The van der Waals surface area contributed by atoms with Crippen molar-refractivity contribution in [2.24, 2.45) is 0 Å². The summed E-state index contributed by atoms with van der Waals surface area (Å²) in [6.07, 6.45) is 3.30. The van der Waals surface area contributed by atoms with Crippen LogP contribution in [-0.4, -0.2) is 25.4 Å². The van der Waals surface area contributed by atoms with Crippen LogP contribution in [0.25, 0.3) is 5.78 Å². The van der Waals surface area contributed by atoms with Gasteiger partial charge in [-0.1, -0.05) is 0 Å². The van der Waals surface area contributed by atoms with Crippen LogP contribution in [0.1, 0.15) is 17.5 Å². The Morgan fingerprint density at radius 3 is 3.08 bits per heavy atom. The third-order valence-corrected chi connectivity index (χ3v) is 1.89. The number of ketones is 1. The van der Waals surface area contributed by atoms with E-state index in [9.17, 15) is 4.79 Å². The van der Waals surface area contributed by atoms with E-state index in [-0.39, 0.29) is 11.6 Å². The Hall–Kier alpha value is -1.30. The monoisotopic (exact) mass is 240 g/mol. The number of Topliss-reactive ketones (excluding diaryl/α,β-unsaturated/α-hetero) is 1. The number of carbonyl (C=O) groups excluding carboxylic acids is 1. The van der Waals surface area contributed by atoms with E-state index in [1.165, 1.54) is 11.4 Å². The second-order valence-electron chi connectivity index (χ2n) is 2.51. The predicted octanol–water partition coefficient (Wildman–Crippen LogP) is 1.09. The number of aromatic nitrogens is 4. The van der Waals surface area contributed by atoms with Crippen LogP contribution in [0.3, 0.4) is 0 Å². The highest BCUT2D eigenvalue weighted by Crippen LogP contribution is 2.07. The fraction of sp³-hybridized carbons (Fsp3) is 0.143. The first kappa shape index (κ1) is 8.31. The van der Waals surface area contributed by atoms with Gasteiger partial charge in [-0.15, -0.1) is 5.10 Å². The maximum Gasteiger partial charge on any atom is 0.252 e. The van der Waals surface area contributed by atoms with Crippen molar-refractivity contribution in [3.63, 3.8) is 0 Å². The van der Waals surface area contributed by atoms with Crippen molar-refractivity contribution in [1.82, 2.24) is 19.6 Å². The Bertz CT molecular complexity index is 478. The number of nitrogens with zero attached hydrogens (tertiary/aromatic N) is 4. The smallest absolute Gasteiger partial charge is 0.252 e. The Kier molecular flexibility index (Phi) is 1.84. The molecule has 0 aliphatic carbocycles. The molecule has 0 atom stereocenters. The second-order valence-corrected chi connectivity index (χ2v) is 3.42. The molecule has 0 aliphatic rings. The molecule has 0 aromatic carbocycles. The van der Waals surface area contributed by atoms with Crippen molar-refractivity contribution < 1.29 is 4.79 Å². The maximum absolute atomic E-state index is 10.9. The van der Waals surface area contributed by atoms with Crippen LogP contribution >= 0.6 is 15.9 Å². The molecule has 13 heavy (non-hydrogen) atoms. The fourth-order valence-electron chi connectivity index (χ4n) is 0.908. The first-order chi connectivity index (χ1) is 6.16. The minimum Gasteiger partial charge on any atom is -0.291 e. The zero-order valence-electron chi connectivity index (χ0n) is 6.73. The van der Waals surface area contributed by atoms with Crippen LogP contribution < -0.4 is 0 Å². The molecule has 0 radical (unpaired) electrons. The van der Waals surface area contributed by atoms with Gasteiger partial charge in [0.1, 0.15) is 0 Å². The molecule has 0 aliphatic heterocycles. The average Bonchev–Trinajstić information content (AvgIpc) is 2.46. The largest absolute Gasteiger partial charge is 0.291 e. The molecule has 2 aromatic rings. The summed E-state index contributed by atoms with van der Waals surface area (Å²) in [6.45, 7) is 1.42. The normalized spacial score (nSPS) is 10.6. The van der Waals surface area contributed by atoms with Gasteiger partial charge in [0.25, 0.3) is 5.78 Å². The van der Waals surface area contributed by atoms with Crippen LogP contribution in [-0.2, 0) is 0 Å². The Balaban J connectivity index is 2.68. The van der Waals surface area contributed by atoms with Crippen LogP contribution in [0.5, 0.6) is 0 Å². The molecule has 2 rings (SSSR count). The van der Waals surface area contributed by atoms with Gasteiger partial charge < -0.3 is 0 Å². The quantitative estimate of drug-likeness (QED) is 0.701. The first-order valence-corrected chi connectivity index (χ1v) is 4.35. The van der Waals surface area contributed by atoms with E-state index in [2.05, 4.69) is 31.0 Å². The van der Waals surface area contributed by atoms with Gasteiger partial charge in [-0.25, -0.2) is 9.50 Å². The molecular formula is C7H5BrN4O. The first-order valence-electron chi connectivity index (χ1n) is 3.55. The summed E-state index contributed by atoms with van der Waals surface area (Å²) >= 11 is 3.24. The number of carbonyl (C=O) groups is 1. The van der Waals surface area contributed by atoms with Gasteiger partial charge >= 0.3 is 0 Å². The molecule has 0 saturated heterocycles. The number of halogens is 1. The molecule has 0 spiro atoms. The summed E-state index contributed by atoms with van der Waals surface area (Å²) in [5.74, 6) is 0.445. The zero-order chi connectivity index (χ0) is 9.42. The van der Waals surface area contributed by atoms with Crippen molar-refractivity contribution >= 4 is 27.5 Å². The van der Waals surface area contributed by atoms with E-state index in [1.54, 1.807) is 12.4 Å². The second kappa shape index (κ2) is 2.88. The number of fused-ring (bicyclic) bond motifs is 1. The molecule has 0 amide bonds. The highest BCUT2D eigenvalue weighted by molar-refractivity contribution is 9.10. The lowest BCUT2D eigenvalue weighted by Crippen LogP contribution is -1.95. The van der Waals surface area contributed by atoms with E-state index in [4.69, 9.17) is 0 Å². The molecule has 2 heterocycles. The molecular weight excluding hydrogens is 236 g/mol.